The van der Waals surface area contributed by atoms with Crippen LogP contribution in [-0.2, 0) is 4.74 Å². The monoisotopic (exact) mass is 379 g/mol. The summed E-state index contributed by atoms with van der Waals surface area (Å²) >= 11 is 0. The Labute approximate surface area is 140 Å². The number of amides is 1. The van der Waals surface area contributed by atoms with Crippen LogP contribution in [0.3, 0.4) is 0 Å². The number of hydrogen-bond donors (Lipinski definition) is 1. The highest BCUT2D eigenvalue weighted by atomic mass is 19.2. The summed E-state index contributed by atoms with van der Waals surface area (Å²) in [7, 11) is 0. The molecule has 0 bridgehead atoms. The van der Waals surface area contributed by atoms with Gasteiger partial charge in [-0.05, 0) is 0 Å². The largest absolute Gasteiger partial charge is 0.460 e. The summed E-state index contributed by atoms with van der Waals surface area (Å²) < 4.78 is 82.7. The number of carbonyl (C=O) groups is 2. The van der Waals surface area contributed by atoms with Crippen LogP contribution in [0.1, 0.15) is 20.7 Å². The highest BCUT2D eigenvalue weighted by Gasteiger charge is 2.21. The molecule has 26 heavy (non-hydrogen) atoms. The third kappa shape index (κ3) is 4.26. The van der Waals surface area contributed by atoms with Crippen LogP contribution < -0.4 is 5.32 Å². The smallest absolute Gasteiger partial charge is 0.341 e. The lowest BCUT2D eigenvalue weighted by atomic mass is 10.2. The molecule has 138 valence electrons. The van der Waals surface area contributed by atoms with Gasteiger partial charge in [0.15, 0.2) is 11.6 Å². The van der Waals surface area contributed by atoms with E-state index in [1.807, 2.05) is 5.32 Å². The van der Waals surface area contributed by atoms with Crippen molar-refractivity contribution in [2.75, 3.05) is 13.2 Å². The van der Waals surface area contributed by atoms with Crippen LogP contribution in [0.5, 0.6) is 0 Å². The van der Waals surface area contributed by atoms with Crippen molar-refractivity contribution in [3.05, 3.63) is 58.7 Å². The van der Waals surface area contributed by atoms with Crippen molar-refractivity contribution in [2.24, 2.45) is 0 Å². The van der Waals surface area contributed by atoms with Gasteiger partial charge in [-0.3, -0.25) is 4.79 Å². The average Bonchev–Trinajstić information content (AvgIpc) is 2.57. The summed E-state index contributed by atoms with van der Waals surface area (Å²) in [4.78, 5) is 28.2. The topological polar surface area (TPSA) is 81.2 Å². The second kappa shape index (κ2) is 7.80. The van der Waals surface area contributed by atoms with E-state index in [1.54, 1.807) is 0 Å². The zero-order valence-corrected chi connectivity index (χ0v) is 12.5. The molecule has 0 unspecified atom stereocenters. The fourth-order valence-corrected chi connectivity index (χ4v) is 1.73. The van der Waals surface area contributed by atoms with Gasteiger partial charge in [0.25, 0.3) is 17.8 Å². The van der Waals surface area contributed by atoms with E-state index in [0.29, 0.717) is 12.1 Å². The first-order chi connectivity index (χ1) is 12.2. The molecule has 2 aromatic heterocycles. The molecule has 0 aromatic carbocycles. The van der Waals surface area contributed by atoms with E-state index in [1.165, 1.54) is 0 Å². The van der Waals surface area contributed by atoms with E-state index < -0.39 is 71.6 Å². The molecule has 0 aliphatic rings. The molecule has 6 nitrogen and oxygen atoms in total. The van der Waals surface area contributed by atoms with Crippen molar-refractivity contribution >= 4 is 11.9 Å². The summed E-state index contributed by atoms with van der Waals surface area (Å²) in [6.45, 7) is -1.10. The maximum atomic E-state index is 13.3. The molecule has 0 aliphatic carbocycles. The van der Waals surface area contributed by atoms with E-state index in [2.05, 4.69) is 14.7 Å². The van der Waals surface area contributed by atoms with E-state index in [-0.39, 0.29) is 0 Å². The number of pyridine rings is 2. The molecule has 0 saturated carbocycles. The lowest BCUT2D eigenvalue weighted by molar-refractivity contribution is 0.0495. The van der Waals surface area contributed by atoms with Crippen LogP contribution >= 0.6 is 0 Å². The molecule has 2 rings (SSSR count). The molecule has 12 heteroatoms. The molecule has 2 heterocycles. The number of esters is 1. The first kappa shape index (κ1) is 19.1. The maximum Gasteiger partial charge on any atom is 0.341 e. The minimum Gasteiger partial charge on any atom is -0.460 e. The van der Waals surface area contributed by atoms with Gasteiger partial charge in [-0.1, -0.05) is 0 Å². The first-order valence-electron chi connectivity index (χ1n) is 6.69. The first-order valence-corrected chi connectivity index (χ1v) is 6.69. The van der Waals surface area contributed by atoms with Crippen LogP contribution in [0, 0.1) is 35.4 Å². The Balaban J connectivity index is 1.93. The fourth-order valence-electron chi connectivity index (χ4n) is 1.73. The number of rotatable bonds is 5. The van der Waals surface area contributed by atoms with Crippen LogP contribution in [0.4, 0.5) is 26.3 Å². The van der Waals surface area contributed by atoms with Crippen molar-refractivity contribution < 1.29 is 40.7 Å². The van der Waals surface area contributed by atoms with E-state index >= 15 is 0 Å². The zero-order valence-electron chi connectivity index (χ0n) is 12.5. The molecular weight excluding hydrogens is 372 g/mol. The summed E-state index contributed by atoms with van der Waals surface area (Å²) in [5.41, 5.74) is -2.05. The molecule has 0 radical (unpaired) electrons. The normalized spacial score (nSPS) is 10.5. The van der Waals surface area contributed by atoms with Gasteiger partial charge < -0.3 is 10.1 Å². The molecule has 1 amide bonds. The van der Waals surface area contributed by atoms with Crippen LogP contribution in [0.2, 0.25) is 0 Å². The van der Waals surface area contributed by atoms with E-state index in [9.17, 15) is 35.9 Å². The highest BCUT2D eigenvalue weighted by Crippen LogP contribution is 2.13. The summed E-state index contributed by atoms with van der Waals surface area (Å²) in [6, 6.07) is 0.648. The number of halogens is 6. The van der Waals surface area contributed by atoms with Crippen molar-refractivity contribution in [1.29, 1.82) is 0 Å². The molecule has 0 spiro atoms. The molecule has 0 aliphatic heterocycles. The van der Waals surface area contributed by atoms with Gasteiger partial charge >= 0.3 is 5.97 Å². The van der Waals surface area contributed by atoms with Crippen molar-refractivity contribution in [1.82, 2.24) is 15.3 Å². The Morgan fingerprint density at radius 2 is 1.38 bits per heavy atom. The Morgan fingerprint density at radius 3 is 1.96 bits per heavy atom. The molecule has 1 N–H and O–H groups in total. The minimum atomic E-state index is -1.84. The molecule has 0 atom stereocenters. The number of ether oxygens (including phenoxy) is 1. The summed E-state index contributed by atoms with van der Waals surface area (Å²) in [6.07, 6.45) is 0. The van der Waals surface area contributed by atoms with Crippen LogP contribution in [0.25, 0.3) is 0 Å². The molecule has 0 saturated heterocycles. The zero-order chi connectivity index (χ0) is 19.4. The minimum absolute atomic E-state index is 0.303. The molecular formula is C14H7F6N3O3. The Bertz CT molecular complexity index is 806. The van der Waals surface area contributed by atoms with Gasteiger partial charge in [0.2, 0.25) is 11.9 Å². The standard InChI is InChI=1S/C14H7F6N3O3/c15-7-3-5(9(17)11(19)22-7)13(24)21-1-2-26-14(25)6-4-8(16)23-12(20)10(6)18/h3-4H,1-2H2,(H,21,24). The third-order valence-electron chi connectivity index (χ3n) is 2.86. The lowest BCUT2D eigenvalue weighted by Gasteiger charge is -2.08. The van der Waals surface area contributed by atoms with Crippen molar-refractivity contribution in [3.8, 4) is 0 Å². The number of nitrogens with zero attached hydrogens (tertiary/aromatic N) is 2. The fraction of sp³-hybridized carbons (Fsp3) is 0.143. The van der Waals surface area contributed by atoms with Gasteiger partial charge in [-0.2, -0.15) is 27.5 Å². The number of aromatic nitrogens is 2. The lowest BCUT2D eigenvalue weighted by Crippen LogP contribution is -2.29. The van der Waals surface area contributed by atoms with Gasteiger partial charge in [0.05, 0.1) is 12.1 Å². The van der Waals surface area contributed by atoms with Gasteiger partial charge in [-0.25, -0.2) is 13.6 Å². The third-order valence-corrected chi connectivity index (χ3v) is 2.86. The predicted molar refractivity (Wildman–Crippen MR) is 70.8 cm³/mol. The maximum absolute atomic E-state index is 13.3. The predicted octanol–water partition coefficient (Wildman–Crippen LogP) is 1.90. The molecule has 0 fully saturated rings. The Morgan fingerprint density at radius 1 is 0.885 bits per heavy atom. The second-order valence-corrected chi connectivity index (χ2v) is 4.59. The second-order valence-electron chi connectivity index (χ2n) is 4.59. The van der Waals surface area contributed by atoms with Crippen molar-refractivity contribution in [2.45, 2.75) is 0 Å². The number of nitrogens with one attached hydrogen (secondary N) is 1. The molecule has 2 aromatic rings. The highest BCUT2D eigenvalue weighted by molar-refractivity contribution is 5.94. The average molecular weight is 379 g/mol. The number of hydrogen-bond acceptors (Lipinski definition) is 5. The van der Waals surface area contributed by atoms with Gasteiger partial charge in [-0.15, -0.1) is 0 Å². The van der Waals surface area contributed by atoms with Crippen LogP contribution in [0.15, 0.2) is 12.1 Å². The van der Waals surface area contributed by atoms with E-state index in [0.717, 1.165) is 0 Å². The Kier molecular flexibility index (Phi) is 5.75. The van der Waals surface area contributed by atoms with Crippen molar-refractivity contribution in [3.63, 3.8) is 0 Å². The van der Waals surface area contributed by atoms with Crippen LogP contribution in [-0.4, -0.2) is 35.0 Å². The summed E-state index contributed by atoms with van der Waals surface area (Å²) in [5, 5.41) is 1.97. The SMILES string of the molecule is O=C(NCCOC(=O)c1cc(F)nc(F)c1F)c1cc(F)nc(F)c1F. The quantitative estimate of drug-likeness (QED) is 0.372. The van der Waals surface area contributed by atoms with E-state index in [4.69, 9.17) is 0 Å². The van der Waals surface area contributed by atoms with Gasteiger partial charge in [0, 0.05) is 12.1 Å². The number of carbonyl (C=O) groups excluding carboxylic acids is 2. The Hall–Kier alpha value is -3.18. The van der Waals surface area contributed by atoms with Gasteiger partial charge in [0.1, 0.15) is 12.2 Å². The summed E-state index contributed by atoms with van der Waals surface area (Å²) in [5.74, 6) is -12.7.